The normalized spacial score (nSPS) is 29.6. The Kier molecular flexibility index (Phi) is 3.65. The van der Waals surface area contributed by atoms with Gasteiger partial charge < -0.3 is 14.7 Å². The van der Waals surface area contributed by atoms with Gasteiger partial charge in [0.25, 0.3) is 0 Å². The van der Waals surface area contributed by atoms with Crippen molar-refractivity contribution in [2.24, 2.45) is 11.3 Å². The van der Waals surface area contributed by atoms with Crippen LogP contribution in [-0.4, -0.2) is 49.5 Å². The summed E-state index contributed by atoms with van der Waals surface area (Å²) < 4.78 is 5.59. The number of likely N-dealkylation sites (tertiary alicyclic amines) is 1. The van der Waals surface area contributed by atoms with Crippen molar-refractivity contribution >= 4 is 0 Å². The first-order chi connectivity index (χ1) is 7.30. The maximum absolute atomic E-state index is 8.98. The molecule has 1 aliphatic carbocycles. The average molecular weight is 213 g/mol. The molecule has 1 saturated carbocycles. The lowest BCUT2D eigenvalue weighted by Crippen LogP contribution is -2.39. The van der Waals surface area contributed by atoms with E-state index in [0.29, 0.717) is 11.3 Å². The third-order valence-electron chi connectivity index (χ3n) is 4.17. The van der Waals surface area contributed by atoms with E-state index in [1.165, 1.54) is 25.8 Å². The summed E-state index contributed by atoms with van der Waals surface area (Å²) in [7, 11) is 0. The SMILES string of the molecule is CCOC[C@@H]1CN(CCO)CC12CCC2. The molecular weight excluding hydrogens is 190 g/mol. The van der Waals surface area contributed by atoms with Crippen molar-refractivity contribution in [1.29, 1.82) is 0 Å². The second-order valence-electron chi connectivity index (χ2n) is 5.03. The summed E-state index contributed by atoms with van der Waals surface area (Å²) in [6.07, 6.45) is 4.12. The molecule has 3 nitrogen and oxygen atoms in total. The van der Waals surface area contributed by atoms with Crippen molar-refractivity contribution in [2.45, 2.75) is 26.2 Å². The van der Waals surface area contributed by atoms with Crippen LogP contribution in [0, 0.1) is 11.3 Å². The zero-order chi connectivity index (χ0) is 10.7. The molecule has 0 bridgehead atoms. The molecule has 1 aliphatic heterocycles. The average Bonchev–Trinajstić information content (AvgIpc) is 2.54. The number of rotatable bonds is 5. The van der Waals surface area contributed by atoms with E-state index in [4.69, 9.17) is 9.84 Å². The van der Waals surface area contributed by atoms with E-state index in [0.717, 1.165) is 26.3 Å². The molecule has 2 rings (SSSR count). The number of hydrogen-bond donors (Lipinski definition) is 1. The van der Waals surface area contributed by atoms with Gasteiger partial charge in [-0.2, -0.15) is 0 Å². The van der Waals surface area contributed by atoms with E-state index in [-0.39, 0.29) is 6.61 Å². The highest BCUT2D eigenvalue weighted by molar-refractivity contribution is 5.01. The highest BCUT2D eigenvalue weighted by Gasteiger charge is 2.49. The van der Waals surface area contributed by atoms with E-state index < -0.39 is 0 Å². The lowest BCUT2D eigenvalue weighted by atomic mass is 9.63. The van der Waals surface area contributed by atoms with Crippen molar-refractivity contribution < 1.29 is 9.84 Å². The second kappa shape index (κ2) is 4.81. The summed E-state index contributed by atoms with van der Waals surface area (Å²) >= 11 is 0. The van der Waals surface area contributed by atoms with Gasteiger partial charge in [0.1, 0.15) is 0 Å². The fourth-order valence-corrected chi connectivity index (χ4v) is 3.14. The van der Waals surface area contributed by atoms with Gasteiger partial charge >= 0.3 is 0 Å². The smallest absolute Gasteiger partial charge is 0.0558 e. The van der Waals surface area contributed by atoms with Crippen LogP contribution in [0.4, 0.5) is 0 Å². The molecule has 1 atom stereocenters. The third kappa shape index (κ3) is 2.19. The molecule has 2 fully saturated rings. The van der Waals surface area contributed by atoms with E-state index in [9.17, 15) is 0 Å². The molecule has 88 valence electrons. The summed E-state index contributed by atoms with van der Waals surface area (Å²) in [5.41, 5.74) is 0.546. The quantitative estimate of drug-likeness (QED) is 0.743. The molecule has 1 spiro atoms. The van der Waals surface area contributed by atoms with Gasteiger partial charge in [-0.05, 0) is 25.2 Å². The van der Waals surface area contributed by atoms with Crippen LogP contribution in [0.5, 0.6) is 0 Å². The molecule has 3 heteroatoms. The Hall–Kier alpha value is -0.120. The van der Waals surface area contributed by atoms with Crippen molar-refractivity contribution in [3.05, 3.63) is 0 Å². The first-order valence-corrected chi connectivity index (χ1v) is 6.22. The Morgan fingerprint density at radius 2 is 2.27 bits per heavy atom. The lowest BCUT2D eigenvalue weighted by molar-refractivity contribution is 0.0222. The topological polar surface area (TPSA) is 32.7 Å². The number of hydrogen-bond acceptors (Lipinski definition) is 3. The van der Waals surface area contributed by atoms with Gasteiger partial charge in [0, 0.05) is 32.2 Å². The monoisotopic (exact) mass is 213 g/mol. The van der Waals surface area contributed by atoms with Gasteiger partial charge in [-0.25, -0.2) is 0 Å². The van der Waals surface area contributed by atoms with Crippen LogP contribution in [0.1, 0.15) is 26.2 Å². The number of aliphatic hydroxyl groups excluding tert-OH is 1. The Bertz CT molecular complexity index is 204. The van der Waals surface area contributed by atoms with Crippen LogP contribution in [0.2, 0.25) is 0 Å². The first-order valence-electron chi connectivity index (χ1n) is 6.22. The van der Waals surface area contributed by atoms with E-state index >= 15 is 0 Å². The molecule has 1 saturated heterocycles. The molecule has 0 amide bonds. The molecular formula is C12H23NO2. The maximum atomic E-state index is 8.98. The summed E-state index contributed by atoms with van der Waals surface area (Å²) in [5, 5.41) is 8.98. The van der Waals surface area contributed by atoms with Crippen molar-refractivity contribution in [3.63, 3.8) is 0 Å². The Morgan fingerprint density at radius 1 is 1.47 bits per heavy atom. The third-order valence-corrected chi connectivity index (χ3v) is 4.17. The van der Waals surface area contributed by atoms with Crippen LogP contribution >= 0.6 is 0 Å². The standard InChI is InChI=1S/C12H23NO2/c1-2-15-9-11-8-13(6-7-14)10-12(11)4-3-5-12/h11,14H,2-10H2,1H3/t11-/m0/s1. The Morgan fingerprint density at radius 3 is 2.80 bits per heavy atom. The predicted octanol–water partition coefficient (Wildman–Crippen LogP) is 1.12. The number of aliphatic hydroxyl groups is 1. The Labute approximate surface area is 92.4 Å². The number of nitrogens with zero attached hydrogens (tertiary/aromatic N) is 1. The zero-order valence-corrected chi connectivity index (χ0v) is 9.74. The minimum Gasteiger partial charge on any atom is -0.395 e. The summed E-state index contributed by atoms with van der Waals surface area (Å²) in [6.45, 7) is 7.24. The van der Waals surface area contributed by atoms with Crippen LogP contribution in [0.15, 0.2) is 0 Å². The van der Waals surface area contributed by atoms with Gasteiger partial charge in [-0.15, -0.1) is 0 Å². The fourth-order valence-electron chi connectivity index (χ4n) is 3.14. The van der Waals surface area contributed by atoms with Crippen LogP contribution in [0.25, 0.3) is 0 Å². The van der Waals surface area contributed by atoms with Gasteiger partial charge in [-0.1, -0.05) is 6.42 Å². The minimum atomic E-state index is 0.289. The zero-order valence-electron chi connectivity index (χ0n) is 9.74. The van der Waals surface area contributed by atoms with Gasteiger partial charge in [0.05, 0.1) is 13.2 Å². The largest absolute Gasteiger partial charge is 0.395 e. The molecule has 0 aromatic carbocycles. The molecule has 0 radical (unpaired) electrons. The molecule has 0 aromatic heterocycles. The van der Waals surface area contributed by atoms with Crippen molar-refractivity contribution in [1.82, 2.24) is 4.90 Å². The van der Waals surface area contributed by atoms with E-state index in [1.807, 2.05) is 0 Å². The van der Waals surface area contributed by atoms with E-state index in [1.54, 1.807) is 0 Å². The Balaban J connectivity index is 1.89. The van der Waals surface area contributed by atoms with Gasteiger partial charge in [0.15, 0.2) is 0 Å². The highest BCUT2D eigenvalue weighted by atomic mass is 16.5. The van der Waals surface area contributed by atoms with Crippen molar-refractivity contribution in [3.8, 4) is 0 Å². The summed E-state index contributed by atoms with van der Waals surface area (Å²) in [5.74, 6) is 0.706. The lowest BCUT2D eigenvalue weighted by Gasteiger charge is -2.43. The second-order valence-corrected chi connectivity index (χ2v) is 5.03. The van der Waals surface area contributed by atoms with Crippen LogP contribution in [0.3, 0.4) is 0 Å². The van der Waals surface area contributed by atoms with E-state index in [2.05, 4.69) is 11.8 Å². The minimum absolute atomic E-state index is 0.289. The molecule has 1 heterocycles. The molecule has 0 unspecified atom stereocenters. The maximum Gasteiger partial charge on any atom is 0.0558 e. The van der Waals surface area contributed by atoms with Crippen molar-refractivity contribution in [2.75, 3.05) is 39.5 Å². The van der Waals surface area contributed by atoms with Gasteiger partial charge in [0.2, 0.25) is 0 Å². The molecule has 2 aliphatic rings. The number of β-amino-alcohol motifs (C(OH)–C–C–N with tert-alkyl or cyclic N) is 1. The molecule has 15 heavy (non-hydrogen) atoms. The fraction of sp³-hybridized carbons (Fsp3) is 1.00. The summed E-state index contributed by atoms with van der Waals surface area (Å²) in [4.78, 5) is 2.41. The van der Waals surface area contributed by atoms with Crippen LogP contribution in [-0.2, 0) is 4.74 Å². The molecule has 1 N–H and O–H groups in total. The van der Waals surface area contributed by atoms with Gasteiger partial charge in [-0.3, -0.25) is 0 Å². The predicted molar refractivity (Wildman–Crippen MR) is 59.8 cm³/mol. The van der Waals surface area contributed by atoms with Crippen LogP contribution < -0.4 is 0 Å². The molecule has 0 aromatic rings. The summed E-state index contributed by atoms with van der Waals surface area (Å²) in [6, 6.07) is 0. The first kappa shape index (κ1) is 11.4. The highest BCUT2D eigenvalue weighted by Crippen LogP contribution is 2.51. The number of ether oxygens (including phenoxy) is 1.